The van der Waals surface area contributed by atoms with Crippen LogP contribution in [0.3, 0.4) is 0 Å². The zero-order valence-electron chi connectivity index (χ0n) is 43.1. The fraction of sp³-hybridized carbons (Fsp3) is 0.432. The lowest BCUT2D eigenvalue weighted by Gasteiger charge is -2.26. The molecule has 0 bridgehead atoms. The molecule has 3 aromatic rings. The summed E-state index contributed by atoms with van der Waals surface area (Å²) in [5, 5.41) is 66.4. The number of aromatic amines is 1. The lowest BCUT2D eigenvalue weighted by molar-refractivity contribution is -0.143. The Morgan fingerprint density at radius 2 is 1.25 bits per heavy atom. The largest absolute Gasteiger partial charge is 0.481 e. The summed E-state index contributed by atoms with van der Waals surface area (Å²) in [6.07, 6.45) is -5.62. The summed E-state index contributed by atoms with van der Waals surface area (Å²) in [5.41, 5.74) is 13.0. The van der Waals surface area contributed by atoms with Crippen LogP contribution in [0.15, 0.2) is 35.3 Å². The van der Waals surface area contributed by atoms with Gasteiger partial charge in [-0.15, -0.1) is 0 Å². The van der Waals surface area contributed by atoms with E-state index >= 15 is 0 Å². The van der Waals surface area contributed by atoms with Crippen LogP contribution in [-0.4, -0.2) is 184 Å². The average molecular weight is 1320 g/mol. The van der Waals surface area contributed by atoms with Gasteiger partial charge in [0.15, 0.2) is 11.2 Å². The van der Waals surface area contributed by atoms with Gasteiger partial charge >= 0.3 is 42.0 Å². The number of carbonyl (C=O) groups excluding carboxylic acids is 8. The monoisotopic (exact) mass is 1320 g/mol. The van der Waals surface area contributed by atoms with E-state index in [1.165, 1.54) is 30.5 Å². The number of nitrogens with two attached hydrogens (primary N) is 2. The number of primary amides is 1. The molecule has 2 aromatic heterocycles. The number of carboxylic acid groups (broad SMARTS) is 5. The number of urea groups is 1. The summed E-state index contributed by atoms with van der Waals surface area (Å²) >= 11 is 1.64. The number of ether oxygens (including phenoxy) is 1. The van der Waals surface area contributed by atoms with Crippen LogP contribution >= 0.6 is 44.5 Å². The number of amides is 9. The fourth-order valence-electron chi connectivity index (χ4n) is 6.88. The number of hydrogen-bond acceptors (Lipinski definition) is 23. The molecule has 20 N–H and O–H groups in total. The minimum atomic E-state index is -2.14. The third-order valence-electron chi connectivity index (χ3n) is 10.7. The highest BCUT2D eigenvalue weighted by Crippen LogP contribution is 2.23. The Hall–Kier alpha value is -8.86. The van der Waals surface area contributed by atoms with E-state index in [4.69, 9.17) is 16.2 Å². The van der Waals surface area contributed by atoms with Crippen molar-refractivity contribution in [3.05, 3.63) is 52.1 Å². The van der Waals surface area contributed by atoms with Crippen LogP contribution < -0.4 is 68.6 Å². The van der Waals surface area contributed by atoms with E-state index in [9.17, 15) is 92.7 Å². The molecule has 452 valence electrons. The molecule has 36 nitrogen and oxygen atoms in total. The summed E-state index contributed by atoms with van der Waals surface area (Å²) in [6, 6.07) is -6.28. The summed E-state index contributed by atoms with van der Waals surface area (Å²) in [5.74, 6) is -15.5. The number of rotatable bonds is 37. The fourth-order valence-corrected chi connectivity index (χ4v) is 9.17. The molecule has 83 heavy (non-hydrogen) atoms. The first-order valence-corrected chi connectivity index (χ1v) is 27.6. The molecule has 0 spiro atoms. The van der Waals surface area contributed by atoms with Gasteiger partial charge in [-0.25, -0.2) is 29.8 Å². The SMILES string of the molecule is NC(=O)NCCCC(NC(=O)C(CC(=O)O)NC(=O)CCC(NC(=O)c1ccc(NCc2cnc3nc(N)[nH]c(=O)c3n2)cc1)C(=O)O)C(=O)NC(CC(=O)O)C(=O)NC(CC(=O)O)C(=O)NC(CSSCCOC(=O)NNI)CC(=O)O. The number of carboxylic acids is 5. The number of fused-ring (bicyclic) bond motifs is 1. The second-order valence-electron chi connectivity index (χ2n) is 17.1. The van der Waals surface area contributed by atoms with E-state index < -0.39 is 164 Å². The Kier molecular flexibility index (Phi) is 28.9. The average Bonchev–Trinajstić information content (AvgIpc) is 3.60. The maximum Gasteiger partial charge on any atom is 0.422 e. The highest BCUT2D eigenvalue weighted by Gasteiger charge is 2.35. The molecule has 1 aromatic carbocycles. The van der Waals surface area contributed by atoms with E-state index in [2.05, 4.69) is 66.2 Å². The molecular formula is C44H57IN16O20S2. The number of hydrazine groups is 1. The van der Waals surface area contributed by atoms with E-state index in [0.717, 1.165) is 21.6 Å². The van der Waals surface area contributed by atoms with E-state index in [1.54, 1.807) is 22.9 Å². The van der Waals surface area contributed by atoms with Crippen molar-refractivity contribution in [3.8, 4) is 0 Å². The van der Waals surface area contributed by atoms with Crippen molar-refractivity contribution in [1.29, 1.82) is 0 Å². The molecule has 9 amide bonds. The van der Waals surface area contributed by atoms with Gasteiger partial charge in [0.05, 0.1) is 44.1 Å². The summed E-state index contributed by atoms with van der Waals surface area (Å²) < 4.78 is 7.20. The molecule has 6 unspecified atom stereocenters. The number of hydrogen-bond donors (Lipinski definition) is 18. The highest BCUT2D eigenvalue weighted by molar-refractivity contribution is 14.1. The highest BCUT2D eigenvalue weighted by atomic mass is 127. The van der Waals surface area contributed by atoms with Gasteiger partial charge in [-0.3, -0.25) is 57.7 Å². The van der Waals surface area contributed by atoms with Crippen molar-refractivity contribution < 1.29 is 92.6 Å². The number of nitrogens with zero attached hydrogens (tertiary/aromatic N) is 3. The second kappa shape index (κ2) is 35.1. The smallest absolute Gasteiger partial charge is 0.422 e. The molecule has 0 aliphatic carbocycles. The van der Waals surface area contributed by atoms with Crippen molar-refractivity contribution in [1.82, 2.24) is 66.2 Å². The van der Waals surface area contributed by atoms with Crippen molar-refractivity contribution in [3.63, 3.8) is 0 Å². The first-order chi connectivity index (χ1) is 39.2. The third-order valence-corrected chi connectivity index (χ3v) is 13.4. The Labute approximate surface area is 488 Å². The van der Waals surface area contributed by atoms with Gasteiger partial charge in [0.1, 0.15) is 36.8 Å². The van der Waals surface area contributed by atoms with E-state index in [1.807, 2.05) is 5.32 Å². The standard InChI is InChI=1S/C44H57IN16O20S2/c45-61-60-44(80)81-10-11-82-83-18-21(12-29(63)64)52-37(73)26(14-31(67)68)57-39(75)27(15-32(69)70)56-36(72)23(2-1-9-48-43(47)79)54-38(74)25(13-30(65)66)53-28(62)8-7-24(41(77)78)55-35(71)19-3-5-20(6-4-19)49-16-22-17-50-34-33(51-22)40(76)59-42(46)58-34/h3-6,17,21,23-27,49,61H,1-2,7-16,18H2,(H,52,73)(H,53,62)(H,54,74)(H,55,71)(H,56,72)(H,57,75)(H,60,80)(H,63,64)(H,65,66)(H,67,68)(H,69,70)(H,77,78)(H3,47,48,79)(H3,46,50,58,59,76). The van der Waals surface area contributed by atoms with Gasteiger partial charge in [-0.05, 0) is 43.5 Å². The van der Waals surface area contributed by atoms with Crippen LogP contribution in [0, 0.1) is 0 Å². The Morgan fingerprint density at radius 1 is 0.687 bits per heavy atom. The molecule has 0 aliphatic heterocycles. The van der Waals surface area contributed by atoms with Crippen LogP contribution in [0.1, 0.15) is 67.4 Å². The van der Waals surface area contributed by atoms with Crippen molar-refractivity contribution in [2.75, 3.05) is 35.7 Å². The molecule has 3 rings (SSSR count). The molecular weight excluding hydrogens is 1260 g/mol. The van der Waals surface area contributed by atoms with Crippen LogP contribution in [0.2, 0.25) is 0 Å². The number of aromatic nitrogens is 4. The first kappa shape index (κ1) is 68.4. The molecule has 0 fully saturated rings. The first-order valence-electron chi connectivity index (χ1n) is 24.1. The Balaban J connectivity index is 1.70. The minimum Gasteiger partial charge on any atom is -0.481 e. The lowest BCUT2D eigenvalue weighted by Crippen LogP contribution is -2.59. The summed E-state index contributed by atoms with van der Waals surface area (Å²) in [4.78, 5) is 190. The second-order valence-corrected chi connectivity index (χ2v) is 20.3. The topological polar surface area (TPSA) is 576 Å². The van der Waals surface area contributed by atoms with E-state index in [0.29, 0.717) is 11.4 Å². The quantitative estimate of drug-likeness (QED) is 0.00880. The maximum absolute atomic E-state index is 13.8. The lowest BCUT2D eigenvalue weighted by atomic mass is 10.1. The van der Waals surface area contributed by atoms with Gasteiger partial charge in [0.2, 0.25) is 35.5 Å². The molecule has 6 atom stereocenters. The maximum atomic E-state index is 13.8. The van der Waals surface area contributed by atoms with Gasteiger partial charge in [-0.2, -0.15) is 8.62 Å². The van der Waals surface area contributed by atoms with Crippen molar-refractivity contribution in [2.45, 2.75) is 94.2 Å². The molecule has 2 heterocycles. The number of benzene rings is 1. The number of nitrogens with one attached hydrogen (secondary N) is 11. The number of halogens is 1. The van der Waals surface area contributed by atoms with Crippen LogP contribution in [0.4, 0.5) is 21.2 Å². The predicted molar refractivity (Wildman–Crippen MR) is 296 cm³/mol. The van der Waals surface area contributed by atoms with Gasteiger partial charge < -0.3 is 84.3 Å². The predicted octanol–water partition coefficient (Wildman–Crippen LogP) is -3.40. The summed E-state index contributed by atoms with van der Waals surface area (Å²) in [6.45, 7) is -0.237. The molecule has 39 heteroatoms. The van der Waals surface area contributed by atoms with Crippen LogP contribution in [0.25, 0.3) is 11.2 Å². The number of nitrogen functional groups attached to an aromatic ring is 1. The zero-order chi connectivity index (χ0) is 61.8. The number of anilines is 2. The normalized spacial score (nSPS) is 12.9. The van der Waals surface area contributed by atoms with Crippen LogP contribution in [0.5, 0.6) is 0 Å². The van der Waals surface area contributed by atoms with Crippen molar-refractivity contribution >= 4 is 145 Å². The third kappa shape index (κ3) is 26.1. The number of carbonyl (C=O) groups is 13. The minimum absolute atomic E-state index is 0.0164. The number of aliphatic carboxylic acids is 5. The zero-order valence-corrected chi connectivity index (χ0v) is 46.9. The number of H-pyrrole nitrogens is 1. The molecule has 0 saturated carbocycles. The molecule has 0 saturated heterocycles. The summed E-state index contributed by atoms with van der Waals surface area (Å²) in [7, 11) is 2.16. The van der Waals surface area contributed by atoms with E-state index in [-0.39, 0.29) is 60.3 Å². The van der Waals surface area contributed by atoms with Crippen LogP contribution in [-0.2, 0) is 59.2 Å². The Bertz CT molecular complexity index is 2930. The van der Waals surface area contributed by atoms with Crippen molar-refractivity contribution in [2.24, 2.45) is 5.73 Å². The van der Waals surface area contributed by atoms with Gasteiger partial charge in [0, 0.05) is 64.6 Å². The van der Waals surface area contributed by atoms with Gasteiger partial charge in [0.25, 0.3) is 11.5 Å². The molecule has 0 aliphatic rings. The molecule has 0 radical (unpaired) electrons. The van der Waals surface area contributed by atoms with Gasteiger partial charge in [-0.1, -0.05) is 21.6 Å². The Morgan fingerprint density at radius 3 is 1.82 bits per heavy atom.